The molecule has 1 aromatic rings. The highest BCUT2D eigenvalue weighted by atomic mass is 16.3. The second kappa shape index (κ2) is 6.62. The molecule has 0 bridgehead atoms. The summed E-state index contributed by atoms with van der Waals surface area (Å²) in [5.74, 6) is 1.64. The Hall–Kier alpha value is -0.800. The summed E-state index contributed by atoms with van der Waals surface area (Å²) < 4.78 is 5.23. The summed E-state index contributed by atoms with van der Waals surface area (Å²) in [5, 5.41) is 3.39. The average Bonchev–Trinajstić information content (AvgIpc) is 2.71. The number of hydrogen-bond donors (Lipinski definition) is 2. The van der Waals surface area contributed by atoms with E-state index in [4.69, 9.17) is 10.2 Å². The molecule has 0 aliphatic rings. The lowest BCUT2D eigenvalue weighted by atomic mass is 10.1. The first kappa shape index (κ1) is 11.3. The highest BCUT2D eigenvalue weighted by molar-refractivity contribution is 4.98. The zero-order valence-electron chi connectivity index (χ0n) is 8.83. The molecule has 1 atom stereocenters. The molecule has 0 aliphatic carbocycles. The molecule has 14 heavy (non-hydrogen) atoms. The van der Waals surface area contributed by atoms with Crippen molar-refractivity contribution in [3.63, 3.8) is 0 Å². The molecule has 0 saturated heterocycles. The van der Waals surface area contributed by atoms with E-state index in [9.17, 15) is 0 Å². The second-order valence-electron chi connectivity index (χ2n) is 3.54. The fourth-order valence-electron chi connectivity index (χ4n) is 1.37. The number of furan rings is 1. The first-order valence-electron chi connectivity index (χ1n) is 5.30. The van der Waals surface area contributed by atoms with E-state index >= 15 is 0 Å². The van der Waals surface area contributed by atoms with Crippen LogP contribution in [0.15, 0.2) is 22.8 Å². The van der Waals surface area contributed by atoms with Crippen LogP contribution < -0.4 is 11.1 Å². The van der Waals surface area contributed by atoms with Crippen molar-refractivity contribution in [2.45, 2.75) is 19.8 Å². The zero-order chi connectivity index (χ0) is 10.2. The molecule has 0 amide bonds. The van der Waals surface area contributed by atoms with Crippen LogP contribution in [0.25, 0.3) is 0 Å². The van der Waals surface area contributed by atoms with Crippen molar-refractivity contribution in [3.05, 3.63) is 24.2 Å². The Morgan fingerprint density at radius 3 is 3.00 bits per heavy atom. The van der Waals surface area contributed by atoms with Gasteiger partial charge in [0.05, 0.1) is 6.26 Å². The first-order chi connectivity index (χ1) is 6.86. The summed E-state index contributed by atoms with van der Waals surface area (Å²) in [6, 6.07) is 3.92. The van der Waals surface area contributed by atoms with E-state index in [-0.39, 0.29) is 0 Å². The van der Waals surface area contributed by atoms with Crippen molar-refractivity contribution in [2.24, 2.45) is 11.7 Å². The standard InChI is InChI=1S/C11H20N2O/c1-2-10(8-12)9-13-6-5-11-4-3-7-14-11/h3-4,7,10,13H,2,5-6,8-9,12H2,1H3. The predicted molar refractivity (Wildman–Crippen MR) is 58.1 cm³/mol. The van der Waals surface area contributed by atoms with Crippen LogP contribution in [0.2, 0.25) is 0 Å². The molecule has 3 N–H and O–H groups in total. The summed E-state index contributed by atoms with van der Waals surface area (Å²) in [7, 11) is 0. The molecule has 1 heterocycles. The molecular formula is C11H20N2O. The molecule has 3 nitrogen and oxygen atoms in total. The summed E-state index contributed by atoms with van der Waals surface area (Å²) in [5.41, 5.74) is 5.60. The number of rotatable bonds is 7. The van der Waals surface area contributed by atoms with Gasteiger partial charge in [0.1, 0.15) is 5.76 Å². The lowest BCUT2D eigenvalue weighted by molar-refractivity contribution is 0.456. The fourth-order valence-corrected chi connectivity index (χ4v) is 1.37. The van der Waals surface area contributed by atoms with Crippen LogP contribution in [0.5, 0.6) is 0 Å². The molecule has 0 aromatic carbocycles. The van der Waals surface area contributed by atoms with E-state index in [1.807, 2.05) is 12.1 Å². The van der Waals surface area contributed by atoms with Crippen molar-refractivity contribution in [3.8, 4) is 0 Å². The molecule has 1 unspecified atom stereocenters. The highest BCUT2D eigenvalue weighted by Crippen LogP contribution is 2.00. The second-order valence-corrected chi connectivity index (χ2v) is 3.54. The molecule has 0 radical (unpaired) electrons. The summed E-state index contributed by atoms with van der Waals surface area (Å²) in [6.07, 6.45) is 3.81. The van der Waals surface area contributed by atoms with Gasteiger partial charge >= 0.3 is 0 Å². The maximum Gasteiger partial charge on any atom is 0.105 e. The molecule has 80 valence electrons. The van der Waals surface area contributed by atoms with E-state index in [0.29, 0.717) is 5.92 Å². The molecule has 0 fully saturated rings. The van der Waals surface area contributed by atoms with Crippen LogP contribution >= 0.6 is 0 Å². The summed E-state index contributed by atoms with van der Waals surface area (Å²) >= 11 is 0. The normalized spacial score (nSPS) is 13.0. The lowest BCUT2D eigenvalue weighted by Crippen LogP contribution is -2.29. The van der Waals surface area contributed by atoms with Crippen LogP contribution in [0.4, 0.5) is 0 Å². The Morgan fingerprint density at radius 1 is 1.57 bits per heavy atom. The van der Waals surface area contributed by atoms with Crippen molar-refractivity contribution in [1.82, 2.24) is 5.32 Å². The van der Waals surface area contributed by atoms with Gasteiger partial charge in [-0.15, -0.1) is 0 Å². The molecular weight excluding hydrogens is 176 g/mol. The van der Waals surface area contributed by atoms with Crippen LogP contribution in [-0.4, -0.2) is 19.6 Å². The predicted octanol–water partition coefficient (Wildman–Crippen LogP) is 1.40. The number of hydrogen-bond acceptors (Lipinski definition) is 3. The average molecular weight is 196 g/mol. The quantitative estimate of drug-likeness (QED) is 0.648. The molecule has 0 aliphatic heterocycles. The third-order valence-corrected chi connectivity index (χ3v) is 2.47. The van der Waals surface area contributed by atoms with Crippen LogP contribution in [0.1, 0.15) is 19.1 Å². The Kier molecular flexibility index (Phi) is 5.33. The van der Waals surface area contributed by atoms with E-state index in [0.717, 1.165) is 38.2 Å². The van der Waals surface area contributed by atoms with Crippen LogP contribution in [0, 0.1) is 5.92 Å². The van der Waals surface area contributed by atoms with Gasteiger partial charge in [0.25, 0.3) is 0 Å². The molecule has 0 saturated carbocycles. The maximum absolute atomic E-state index is 5.60. The number of nitrogens with two attached hydrogens (primary N) is 1. The van der Waals surface area contributed by atoms with Gasteiger partial charge in [-0.2, -0.15) is 0 Å². The van der Waals surface area contributed by atoms with Crippen molar-refractivity contribution in [1.29, 1.82) is 0 Å². The van der Waals surface area contributed by atoms with E-state index in [2.05, 4.69) is 12.2 Å². The minimum atomic E-state index is 0.603. The van der Waals surface area contributed by atoms with E-state index in [1.165, 1.54) is 0 Å². The van der Waals surface area contributed by atoms with E-state index < -0.39 is 0 Å². The SMILES string of the molecule is CCC(CN)CNCCc1ccco1. The topological polar surface area (TPSA) is 51.2 Å². The minimum Gasteiger partial charge on any atom is -0.469 e. The fraction of sp³-hybridized carbons (Fsp3) is 0.636. The first-order valence-corrected chi connectivity index (χ1v) is 5.30. The third-order valence-electron chi connectivity index (χ3n) is 2.47. The smallest absolute Gasteiger partial charge is 0.105 e. The Morgan fingerprint density at radius 2 is 2.43 bits per heavy atom. The summed E-state index contributed by atoms with van der Waals surface area (Å²) in [4.78, 5) is 0. The van der Waals surface area contributed by atoms with E-state index in [1.54, 1.807) is 6.26 Å². The largest absolute Gasteiger partial charge is 0.469 e. The zero-order valence-corrected chi connectivity index (χ0v) is 8.83. The Bertz CT molecular complexity index is 217. The van der Waals surface area contributed by atoms with Crippen molar-refractivity contribution in [2.75, 3.05) is 19.6 Å². The Labute approximate surface area is 85.7 Å². The van der Waals surface area contributed by atoms with Gasteiger partial charge in [0.15, 0.2) is 0 Å². The maximum atomic E-state index is 5.60. The van der Waals surface area contributed by atoms with Crippen LogP contribution in [-0.2, 0) is 6.42 Å². The van der Waals surface area contributed by atoms with Gasteiger partial charge in [-0.1, -0.05) is 13.3 Å². The molecule has 3 heteroatoms. The third kappa shape index (κ3) is 3.94. The van der Waals surface area contributed by atoms with Gasteiger partial charge in [0.2, 0.25) is 0 Å². The number of nitrogens with one attached hydrogen (secondary N) is 1. The molecule has 1 rings (SSSR count). The van der Waals surface area contributed by atoms with Crippen molar-refractivity contribution >= 4 is 0 Å². The van der Waals surface area contributed by atoms with Crippen molar-refractivity contribution < 1.29 is 4.42 Å². The van der Waals surface area contributed by atoms with Gasteiger partial charge in [-0.25, -0.2) is 0 Å². The van der Waals surface area contributed by atoms with Gasteiger partial charge in [-0.3, -0.25) is 0 Å². The molecule has 0 spiro atoms. The highest BCUT2D eigenvalue weighted by Gasteiger charge is 2.02. The van der Waals surface area contributed by atoms with Gasteiger partial charge in [0, 0.05) is 13.0 Å². The monoisotopic (exact) mass is 196 g/mol. The lowest BCUT2D eigenvalue weighted by Gasteiger charge is -2.12. The minimum absolute atomic E-state index is 0.603. The van der Waals surface area contributed by atoms with Gasteiger partial charge < -0.3 is 15.5 Å². The summed E-state index contributed by atoms with van der Waals surface area (Å²) in [6.45, 7) is 4.91. The molecule has 1 aromatic heterocycles. The van der Waals surface area contributed by atoms with Crippen LogP contribution in [0.3, 0.4) is 0 Å². The van der Waals surface area contributed by atoms with Gasteiger partial charge in [-0.05, 0) is 31.1 Å². The Balaban J connectivity index is 2.04.